The van der Waals surface area contributed by atoms with Crippen LogP contribution in [0.4, 0.5) is 11.6 Å². The van der Waals surface area contributed by atoms with E-state index in [-0.39, 0.29) is 29.1 Å². The molecule has 0 atom stereocenters. The van der Waals surface area contributed by atoms with E-state index in [0.29, 0.717) is 28.8 Å². The predicted molar refractivity (Wildman–Crippen MR) is 129 cm³/mol. The van der Waals surface area contributed by atoms with Crippen LogP contribution in [0.5, 0.6) is 5.75 Å². The fourth-order valence-corrected chi connectivity index (χ4v) is 3.53. The summed E-state index contributed by atoms with van der Waals surface area (Å²) in [5, 5.41) is 24.6. The number of benzene rings is 3. The van der Waals surface area contributed by atoms with E-state index >= 15 is 0 Å². The average molecular weight is 457 g/mol. The van der Waals surface area contributed by atoms with Crippen molar-refractivity contribution in [1.29, 1.82) is 0 Å². The zero-order valence-corrected chi connectivity index (χ0v) is 18.5. The lowest BCUT2D eigenvalue weighted by atomic mass is 10.0. The van der Waals surface area contributed by atoms with Gasteiger partial charge in [-0.3, -0.25) is 20.2 Å². The molecule has 2 N–H and O–H groups in total. The first-order valence-corrected chi connectivity index (χ1v) is 10.9. The minimum Gasteiger partial charge on any atom is -0.507 e. The minimum absolute atomic E-state index is 0.0373. The number of nitrogens with one attached hydrogen (secondary N) is 1. The molecule has 172 valence electrons. The average Bonchev–Trinajstić information content (AvgIpc) is 3.26. The zero-order valence-electron chi connectivity index (χ0n) is 18.5. The number of oxazole rings is 1. The molecule has 0 saturated carbocycles. The maximum atomic E-state index is 12.3. The largest absolute Gasteiger partial charge is 0.507 e. The first kappa shape index (κ1) is 22.7. The number of unbranched alkanes of at least 4 members (excludes halogenated alkanes) is 1. The van der Waals surface area contributed by atoms with Crippen LogP contribution >= 0.6 is 0 Å². The van der Waals surface area contributed by atoms with Gasteiger partial charge in [0, 0.05) is 24.1 Å². The molecule has 0 aliphatic carbocycles. The Kier molecular flexibility index (Phi) is 6.68. The van der Waals surface area contributed by atoms with E-state index in [1.165, 1.54) is 18.2 Å². The maximum absolute atomic E-state index is 12.3. The summed E-state index contributed by atoms with van der Waals surface area (Å²) in [7, 11) is 0. The normalized spacial score (nSPS) is 10.7. The van der Waals surface area contributed by atoms with Crippen molar-refractivity contribution >= 4 is 17.5 Å². The second-order valence-electron chi connectivity index (χ2n) is 7.75. The van der Waals surface area contributed by atoms with Crippen molar-refractivity contribution in [1.82, 2.24) is 4.98 Å². The number of nitro groups is 1. The first-order chi connectivity index (χ1) is 16.5. The van der Waals surface area contributed by atoms with Crippen LogP contribution in [-0.2, 0) is 4.79 Å². The highest BCUT2D eigenvalue weighted by atomic mass is 16.6. The molecule has 0 spiro atoms. The van der Waals surface area contributed by atoms with E-state index in [9.17, 15) is 20.0 Å². The highest BCUT2D eigenvalue weighted by Crippen LogP contribution is 2.38. The van der Waals surface area contributed by atoms with Crippen LogP contribution in [0.15, 0.2) is 77.2 Å². The number of phenolic OH excluding ortho intramolecular Hbond substituents is 1. The third-order valence-electron chi connectivity index (χ3n) is 5.30. The van der Waals surface area contributed by atoms with Crippen molar-refractivity contribution in [3.63, 3.8) is 0 Å². The monoisotopic (exact) mass is 457 g/mol. The van der Waals surface area contributed by atoms with Gasteiger partial charge in [-0.05, 0) is 29.7 Å². The van der Waals surface area contributed by atoms with E-state index in [1.54, 1.807) is 24.3 Å². The summed E-state index contributed by atoms with van der Waals surface area (Å²) in [6.45, 7) is 2.01. The van der Waals surface area contributed by atoms with Crippen LogP contribution in [0.25, 0.3) is 33.8 Å². The van der Waals surface area contributed by atoms with Gasteiger partial charge >= 0.3 is 0 Å². The van der Waals surface area contributed by atoms with Gasteiger partial charge in [0.05, 0.1) is 10.5 Å². The van der Waals surface area contributed by atoms with Crippen molar-refractivity contribution in [2.24, 2.45) is 0 Å². The number of aromatic hydroxyl groups is 1. The second-order valence-corrected chi connectivity index (χ2v) is 7.75. The molecule has 8 nitrogen and oxygen atoms in total. The van der Waals surface area contributed by atoms with Gasteiger partial charge in [0.1, 0.15) is 11.4 Å². The molecule has 1 aromatic heterocycles. The number of amides is 1. The Balaban J connectivity index is 1.70. The molecule has 0 unspecified atom stereocenters. The third-order valence-corrected chi connectivity index (χ3v) is 5.30. The molecule has 0 aliphatic heterocycles. The SMILES string of the molecule is CCCCC(=O)Nc1oc(-c2ccc(-c3cccc([N+](=O)[O-])c3)cc2O)nc1-c1ccccc1. The molecule has 3 aromatic carbocycles. The number of carbonyl (C=O) groups is 1. The summed E-state index contributed by atoms with van der Waals surface area (Å²) in [5.74, 6) is 0.0814. The van der Waals surface area contributed by atoms with Gasteiger partial charge in [-0.25, -0.2) is 4.98 Å². The molecule has 4 aromatic rings. The van der Waals surface area contributed by atoms with E-state index < -0.39 is 4.92 Å². The van der Waals surface area contributed by atoms with Crippen molar-refractivity contribution in [3.8, 4) is 39.6 Å². The molecule has 0 radical (unpaired) electrons. The first-order valence-electron chi connectivity index (χ1n) is 10.9. The lowest BCUT2D eigenvalue weighted by Crippen LogP contribution is -2.11. The fraction of sp³-hybridized carbons (Fsp3) is 0.154. The minimum atomic E-state index is -0.466. The number of nitrogens with zero attached hydrogens (tertiary/aromatic N) is 2. The fourth-order valence-electron chi connectivity index (χ4n) is 3.53. The lowest BCUT2D eigenvalue weighted by Gasteiger charge is -2.06. The number of aromatic nitrogens is 1. The smallest absolute Gasteiger partial charge is 0.270 e. The summed E-state index contributed by atoms with van der Waals surface area (Å²) in [5.41, 5.74) is 2.72. The summed E-state index contributed by atoms with van der Waals surface area (Å²) >= 11 is 0. The summed E-state index contributed by atoms with van der Waals surface area (Å²) in [4.78, 5) is 27.5. The van der Waals surface area contributed by atoms with Crippen LogP contribution in [0.3, 0.4) is 0 Å². The van der Waals surface area contributed by atoms with Gasteiger partial charge in [-0.15, -0.1) is 0 Å². The number of rotatable bonds is 8. The molecular weight excluding hydrogens is 434 g/mol. The number of phenols is 1. The third kappa shape index (κ3) is 4.96. The van der Waals surface area contributed by atoms with Gasteiger partial charge in [0.25, 0.3) is 5.69 Å². The number of non-ortho nitro benzene ring substituents is 1. The second kappa shape index (κ2) is 9.99. The van der Waals surface area contributed by atoms with E-state index in [1.807, 2.05) is 37.3 Å². The van der Waals surface area contributed by atoms with Gasteiger partial charge in [-0.2, -0.15) is 0 Å². The predicted octanol–water partition coefficient (Wildman–Crippen LogP) is 6.42. The molecule has 1 amide bonds. The Morgan fingerprint density at radius 3 is 2.47 bits per heavy atom. The van der Waals surface area contributed by atoms with Crippen molar-refractivity contribution in [2.45, 2.75) is 26.2 Å². The van der Waals surface area contributed by atoms with Gasteiger partial charge in [0.2, 0.25) is 17.7 Å². The molecule has 4 rings (SSSR count). The topological polar surface area (TPSA) is 118 Å². The molecular formula is C26H23N3O5. The molecule has 0 fully saturated rings. The van der Waals surface area contributed by atoms with Gasteiger partial charge in [0.15, 0.2) is 0 Å². The number of hydrogen-bond donors (Lipinski definition) is 2. The van der Waals surface area contributed by atoms with Crippen LogP contribution in [0.2, 0.25) is 0 Å². The molecule has 0 saturated heterocycles. The van der Waals surface area contributed by atoms with E-state index in [0.717, 1.165) is 18.4 Å². The number of anilines is 1. The van der Waals surface area contributed by atoms with Crippen molar-refractivity contribution < 1.29 is 19.2 Å². The summed E-state index contributed by atoms with van der Waals surface area (Å²) in [6.07, 6.45) is 2.02. The lowest BCUT2D eigenvalue weighted by molar-refractivity contribution is -0.384. The van der Waals surface area contributed by atoms with Crippen molar-refractivity contribution in [3.05, 3.63) is 82.9 Å². The zero-order chi connectivity index (χ0) is 24.1. The Bertz CT molecular complexity index is 1330. The Hall–Kier alpha value is -4.46. The van der Waals surface area contributed by atoms with E-state index in [2.05, 4.69) is 10.3 Å². The quantitative estimate of drug-likeness (QED) is 0.233. The molecule has 34 heavy (non-hydrogen) atoms. The van der Waals surface area contributed by atoms with Crippen LogP contribution in [-0.4, -0.2) is 20.9 Å². The van der Waals surface area contributed by atoms with E-state index in [4.69, 9.17) is 4.42 Å². The molecule has 0 aliphatic rings. The Morgan fingerprint density at radius 1 is 1.03 bits per heavy atom. The standard InChI is InChI=1S/C26H23N3O5/c1-2-3-12-23(31)27-26-24(17-8-5-4-6-9-17)28-25(34-26)21-14-13-19(16-22(21)30)18-10-7-11-20(15-18)29(32)33/h4-11,13-16,30H,2-3,12H2,1H3,(H,27,31). The van der Waals surface area contributed by atoms with Crippen molar-refractivity contribution in [2.75, 3.05) is 5.32 Å². The Labute approximate surface area is 196 Å². The number of carbonyl (C=O) groups excluding carboxylic acids is 1. The molecule has 0 bridgehead atoms. The van der Waals surface area contributed by atoms with Crippen LogP contribution in [0, 0.1) is 10.1 Å². The van der Waals surface area contributed by atoms with Gasteiger partial charge in [-0.1, -0.05) is 61.9 Å². The molecule has 8 heteroatoms. The van der Waals surface area contributed by atoms with Gasteiger partial charge < -0.3 is 9.52 Å². The summed E-state index contributed by atoms with van der Waals surface area (Å²) < 4.78 is 5.89. The highest BCUT2D eigenvalue weighted by molar-refractivity contribution is 5.93. The van der Waals surface area contributed by atoms with Crippen LogP contribution in [0.1, 0.15) is 26.2 Å². The summed E-state index contributed by atoms with van der Waals surface area (Å²) in [6, 6.07) is 20.3. The number of nitro benzene ring substituents is 1. The number of hydrogen-bond acceptors (Lipinski definition) is 6. The van der Waals surface area contributed by atoms with Crippen LogP contribution < -0.4 is 5.32 Å². The Morgan fingerprint density at radius 2 is 1.76 bits per heavy atom. The highest BCUT2D eigenvalue weighted by Gasteiger charge is 2.20. The maximum Gasteiger partial charge on any atom is 0.270 e. The molecule has 1 heterocycles.